The summed E-state index contributed by atoms with van der Waals surface area (Å²) in [7, 11) is 1.55. The molecule has 1 fully saturated rings. The number of benzene rings is 3. The summed E-state index contributed by atoms with van der Waals surface area (Å²) in [6, 6.07) is 22.8. The number of ether oxygens (including phenoxy) is 1. The summed E-state index contributed by atoms with van der Waals surface area (Å²) >= 11 is 1.35. The number of fused-ring (bicyclic) bond motifs is 6. The van der Waals surface area contributed by atoms with Gasteiger partial charge in [-0.3, -0.25) is 14.4 Å². The monoisotopic (exact) mass is 560 g/mol. The zero-order valence-electron chi connectivity index (χ0n) is 22.9. The number of nitrogens with one attached hydrogen (secondary N) is 1. The van der Waals surface area contributed by atoms with Gasteiger partial charge in [-0.05, 0) is 66.8 Å². The number of hydrogen-bond acceptors (Lipinski definition) is 6. The van der Waals surface area contributed by atoms with Crippen LogP contribution in [0.3, 0.4) is 0 Å². The minimum atomic E-state index is -1.34. The van der Waals surface area contributed by atoms with Crippen molar-refractivity contribution < 1.29 is 19.1 Å². The first kappa shape index (κ1) is 25.5. The van der Waals surface area contributed by atoms with E-state index in [2.05, 4.69) is 17.5 Å². The quantitative estimate of drug-likeness (QED) is 0.290. The summed E-state index contributed by atoms with van der Waals surface area (Å²) in [5.41, 5.74) is 4.44. The lowest BCUT2D eigenvalue weighted by molar-refractivity contribution is -0.121. The highest BCUT2D eigenvalue weighted by molar-refractivity contribution is 7.12. The van der Waals surface area contributed by atoms with Crippen LogP contribution in [-0.2, 0) is 10.2 Å². The molecule has 0 unspecified atom stereocenters. The molecule has 1 saturated heterocycles. The lowest BCUT2D eigenvalue weighted by atomic mass is 9.64. The summed E-state index contributed by atoms with van der Waals surface area (Å²) in [5.74, 6) is -1.17. The lowest BCUT2D eigenvalue weighted by Gasteiger charge is -2.39. The molecule has 3 aliphatic heterocycles. The fourth-order valence-electron chi connectivity index (χ4n) is 7.07. The van der Waals surface area contributed by atoms with E-state index in [1.165, 1.54) is 11.3 Å². The van der Waals surface area contributed by atoms with Crippen molar-refractivity contribution in [3.8, 4) is 5.75 Å². The largest absolute Gasteiger partial charge is 0.497 e. The number of para-hydroxylation sites is 1. The number of carbonyl (C=O) groups is 3. The predicted molar refractivity (Wildman–Crippen MR) is 161 cm³/mol. The average molecular weight is 561 g/mol. The third-order valence-corrected chi connectivity index (χ3v) is 9.69. The molecule has 1 N–H and O–H groups in total. The Balaban J connectivity index is 1.56. The van der Waals surface area contributed by atoms with Gasteiger partial charge in [0.15, 0.2) is 11.6 Å². The van der Waals surface area contributed by atoms with Crippen LogP contribution in [0.4, 0.5) is 11.4 Å². The Bertz CT molecular complexity index is 1770. The Morgan fingerprint density at radius 3 is 2.56 bits per heavy atom. The van der Waals surface area contributed by atoms with Gasteiger partial charge in [0.05, 0.1) is 23.9 Å². The standard InChI is InChI=1S/C34H28N2O4S/c1-19-13-14-26-23(16-19)20(2)17-28-34(24-10-4-5-11-25(24)35-33(34)39)29(31(37)21-8-6-9-22(18-21)40-3)30(36(26)28)32(38)27-12-7-15-41-27/h4-18,28-30H,1-3H3,(H,35,39)/t28-,29-,30+,34-/m0/s1. The van der Waals surface area contributed by atoms with E-state index >= 15 is 0 Å². The fourth-order valence-corrected chi connectivity index (χ4v) is 7.76. The van der Waals surface area contributed by atoms with Crippen LogP contribution < -0.4 is 15.0 Å². The molecule has 204 valence electrons. The predicted octanol–water partition coefficient (Wildman–Crippen LogP) is 6.31. The second kappa shape index (κ2) is 9.28. The van der Waals surface area contributed by atoms with Crippen molar-refractivity contribution in [2.75, 3.05) is 17.3 Å². The van der Waals surface area contributed by atoms with Crippen molar-refractivity contribution in [2.24, 2.45) is 5.92 Å². The van der Waals surface area contributed by atoms with E-state index in [0.29, 0.717) is 21.9 Å². The molecule has 1 spiro atoms. The van der Waals surface area contributed by atoms with Gasteiger partial charge in [0.2, 0.25) is 5.91 Å². The molecular formula is C34H28N2O4S. The second-order valence-corrected chi connectivity index (χ2v) is 11.9. The smallest absolute Gasteiger partial charge is 0.238 e. The summed E-state index contributed by atoms with van der Waals surface area (Å²) in [5, 5.41) is 4.95. The van der Waals surface area contributed by atoms with Crippen molar-refractivity contribution in [1.29, 1.82) is 0 Å². The number of aryl methyl sites for hydroxylation is 1. The fraction of sp³-hybridized carbons (Fsp3) is 0.206. The van der Waals surface area contributed by atoms with Crippen LogP contribution in [0.5, 0.6) is 5.75 Å². The summed E-state index contributed by atoms with van der Waals surface area (Å²) < 4.78 is 5.44. The molecule has 4 aromatic rings. The van der Waals surface area contributed by atoms with E-state index in [1.807, 2.05) is 66.6 Å². The van der Waals surface area contributed by atoms with Crippen molar-refractivity contribution in [2.45, 2.75) is 31.3 Å². The van der Waals surface area contributed by atoms with E-state index in [-0.39, 0.29) is 17.5 Å². The average Bonchev–Trinajstić information content (AvgIpc) is 3.70. The molecule has 3 aromatic carbocycles. The molecule has 0 saturated carbocycles. The number of allylic oxidation sites excluding steroid dienone is 1. The Kier molecular flexibility index (Phi) is 5.77. The van der Waals surface area contributed by atoms with Crippen LogP contribution >= 0.6 is 11.3 Å². The number of nitrogens with zero attached hydrogens (tertiary/aromatic N) is 1. The molecule has 7 heteroatoms. The van der Waals surface area contributed by atoms with Crippen molar-refractivity contribution in [3.05, 3.63) is 117 Å². The summed E-state index contributed by atoms with van der Waals surface area (Å²) in [6.07, 6.45) is 2.08. The van der Waals surface area contributed by atoms with E-state index in [4.69, 9.17) is 4.74 Å². The first-order valence-corrected chi connectivity index (χ1v) is 14.5. The number of methoxy groups -OCH3 is 1. The number of rotatable bonds is 5. The topological polar surface area (TPSA) is 75.7 Å². The Morgan fingerprint density at radius 1 is 0.951 bits per heavy atom. The van der Waals surface area contributed by atoms with Gasteiger partial charge in [0.1, 0.15) is 17.2 Å². The normalized spacial score (nSPS) is 23.9. The van der Waals surface area contributed by atoms with Gasteiger partial charge >= 0.3 is 0 Å². The number of carbonyl (C=O) groups excluding carboxylic acids is 3. The van der Waals surface area contributed by atoms with Crippen molar-refractivity contribution in [3.63, 3.8) is 0 Å². The van der Waals surface area contributed by atoms with E-state index in [0.717, 1.165) is 28.0 Å². The molecular weight excluding hydrogens is 532 g/mol. The van der Waals surface area contributed by atoms with Gasteiger partial charge in [0, 0.05) is 22.5 Å². The zero-order chi connectivity index (χ0) is 28.5. The number of amides is 1. The van der Waals surface area contributed by atoms with Crippen LogP contribution in [0.1, 0.15) is 43.6 Å². The van der Waals surface area contributed by atoms with Crippen LogP contribution in [-0.4, -0.2) is 36.7 Å². The molecule has 4 atom stereocenters. The third kappa shape index (κ3) is 3.51. The van der Waals surface area contributed by atoms with Crippen LogP contribution in [0.25, 0.3) is 5.57 Å². The number of ketones is 2. The molecule has 1 amide bonds. The van der Waals surface area contributed by atoms with Gasteiger partial charge in [-0.2, -0.15) is 0 Å². The van der Waals surface area contributed by atoms with Gasteiger partial charge in [-0.15, -0.1) is 11.3 Å². The van der Waals surface area contributed by atoms with Gasteiger partial charge in [-0.1, -0.05) is 54.1 Å². The number of hydrogen-bond donors (Lipinski definition) is 1. The number of Topliss-reactive ketones (excluding diaryl/α,β-unsaturated/α-hetero) is 2. The van der Waals surface area contributed by atoms with Gasteiger partial charge in [-0.25, -0.2) is 0 Å². The molecule has 4 heterocycles. The summed E-state index contributed by atoms with van der Waals surface area (Å²) in [4.78, 5) is 46.5. The molecule has 7 rings (SSSR count). The third-order valence-electron chi connectivity index (χ3n) is 8.80. The Morgan fingerprint density at radius 2 is 1.78 bits per heavy atom. The molecule has 0 radical (unpaired) electrons. The highest BCUT2D eigenvalue weighted by atomic mass is 32.1. The van der Waals surface area contributed by atoms with E-state index < -0.39 is 23.4 Å². The van der Waals surface area contributed by atoms with Crippen LogP contribution in [0.2, 0.25) is 0 Å². The molecule has 3 aliphatic rings. The lowest BCUT2D eigenvalue weighted by Crippen LogP contribution is -2.51. The molecule has 1 aromatic heterocycles. The first-order valence-electron chi connectivity index (χ1n) is 13.6. The molecule has 0 aliphatic carbocycles. The molecule has 0 bridgehead atoms. The van der Waals surface area contributed by atoms with Gasteiger partial charge in [0.25, 0.3) is 0 Å². The SMILES string of the molecule is COc1cccc(C(=O)[C@@H]2[C@H](C(=O)c3cccs3)N3c4ccc(C)cc4C(C)=C[C@H]3[C@]23C(=O)Nc2ccccc23)c1. The number of anilines is 2. The second-order valence-electron chi connectivity index (χ2n) is 11.0. The number of thiophene rings is 1. The Hall–Kier alpha value is -4.49. The maximum atomic E-state index is 14.9. The Labute approximate surface area is 242 Å². The minimum absolute atomic E-state index is 0.167. The van der Waals surface area contributed by atoms with Gasteiger partial charge < -0.3 is 15.0 Å². The zero-order valence-corrected chi connectivity index (χ0v) is 23.7. The molecule has 6 nitrogen and oxygen atoms in total. The van der Waals surface area contributed by atoms with Crippen LogP contribution in [0.15, 0.2) is 90.3 Å². The summed E-state index contributed by atoms with van der Waals surface area (Å²) in [6.45, 7) is 4.07. The van der Waals surface area contributed by atoms with E-state index in [1.54, 1.807) is 37.4 Å². The van der Waals surface area contributed by atoms with Crippen molar-refractivity contribution >= 4 is 45.8 Å². The molecule has 41 heavy (non-hydrogen) atoms. The highest BCUT2D eigenvalue weighted by Gasteiger charge is 2.70. The van der Waals surface area contributed by atoms with Crippen LogP contribution in [0, 0.1) is 12.8 Å². The maximum Gasteiger partial charge on any atom is 0.238 e. The first-order chi connectivity index (χ1) is 19.9. The van der Waals surface area contributed by atoms with E-state index in [9.17, 15) is 14.4 Å². The minimum Gasteiger partial charge on any atom is -0.497 e. The highest BCUT2D eigenvalue weighted by Crippen LogP contribution is 2.59. The maximum absolute atomic E-state index is 14.9. The van der Waals surface area contributed by atoms with Crippen molar-refractivity contribution in [1.82, 2.24) is 0 Å².